The summed E-state index contributed by atoms with van der Waals surface area (Å²) in [5, 5.41) is 7.69. The monoisotopic (exact) mass is 498 g/mol. The van der Waals surface area contributed by atoms with Gasteiger partial charge in [0.2, 0.25) is 0 Å². The number of likely N-dealkylation sites (N-methyl/N-ethyl adjacent to an activating group) is 1. The van der Waals surface area contributed by atoms with E-state index in [1.165, 1.54) is 5.69 Å². The molecule has 0 bridgehead atoms. The van der Waals surface area contributed by atoms with Crippen molar-refractivity contribution >= 4 is 35.6 Å². The number of guanidine groups is 1. The summed E-state index contributed by atoms with van der Waals surface area (Å²) in [6.07, 6.45) is 3.93. The van der Waals surface area contributed by atoms with Gasteiger partial charge in [0.1, 0.15) is 6.10 Å². The minimum atomic E-state index is 0. The van der Waals surface area contributed by atoms with Crippen molar-refractivity contribution < 1.29 is 4.74 Å². The fourth-order valence-electron chi connectivity index (χ4n) is 3.19. The molecule has 1 atom stereocenters. The smallest absolute Gasteiger partial charge is 0.194 e. The molecule has 1 aliphatic heterocycles. The molecule has 7 nitrogen and oxygen atoms in total. The number of nitrogens with zero attached hydrogens (tertiary/aromatic N) is 5. The standard InChI is InChI=1S/C20H30N6O.HI/c1-4-21-20(22-10-11-24(2)18-8-6-5-7-9-18)26-12-13-27-19(16-26)17-14-23-25(3)15-17;/h5-9,14-15,19H,4,10-13,16H2,1-3H3,(H,21,22);1H. The summed E-state index contributed by atoms with van der Waals surface area (Å²) >= 11 is 0. The van der Waals surface area contributed by atoms with Crippen LogP contribution in [0.5, 0.6) is 0 Å². The number of benzene rings is 1. The quantitative estimate of drug-likeness (QED) is 0.377. The molecule has 154 valence electrons. The largest absolute Gasteiger partial charge is 0.373 e. The number of anilines is 1. The molecule has 0 aliphatic carbocycles. The van der Waals surface area contributed by atoms with E-state index in [9.17, 15) is 0 Å². The lowest BCUT2D eigenvalue weighted by Gasteiger charge is -2.35. The molecule has 0 radical (unpaired) electrons. The summed E-state index contributed by atoms with van der Waals surface area (Å²) in [5.41, 5.74) is 2.32. The lowest BCUT2D eigenvalue weighted by Crippen LogP contribution is -2.48. The topological polar surface area (TPSA) is 57.9 Å². The van der Waals surface area contributed by atoms with Gasteiger partial charge in [-0.3, -0.25) is 9.67 Å². The Labute approximate surface area is 184 Å². The number of para-hydroxylation sites is 1. The third-order valence-electron chi connectivity index (χ3n) is 4.69. The minimum Gasteiger partial charge on any atom is -0.373 e. The van der Waals surface area contributed by atoms with Crippen LogP contribution in [-0.4, -0.2) is 67.0 Å². The molecule has 3 rings (SSSR count). The minimum absolute atomic E-state index is 0. The molecule has 2 aromatic rings. The van der Waals surface area contributed by atoms with Crippen molar-refractivity contribution in [3.05, 3.63) is 48.3 Å². The molecule has 1 aliphatic rings. The molecule has 1 aromatic heterocycles. The van der Waals surface area contributed by atoms with Crippen LogP contribution in [0.4, 0.5) is 5.69 Å². The number of nitrogens with one attached hydrogen (secondary N) is 1. The highest BCUT2D eigenvalue weighted by molar-refractivity contribution is 14.0. The van der Waals surface area contributed by atoms with Crippen molar-refractivity contribution in [1.29, 1.82) is 0 Å². The van der Waals surface area contributed by atoms with Crippen molar-refractivity contribution in [3.63, 3.8) is 0 Å². The van der Waals surface area contributed by atoms with Crippen LogP contribution in [0.1, 0.15) is 18.6 Å². The van der Waals surface area contributed by atoms with Crippen LogP contribution < -0.4 is 10.2 Å². The Morgan fingerprint density at radius 2 is 2.14 bits per heavy atom. The third-order valence-corrected chi connectivity index (χ3v) is 4.69. The maximum Gasteiger partial charge on any atom is 0.194 e. The highest BCUT2D eigenvalue weighted by Crippen LogP contribution is 2.21. The maximum atomic E-state index is 5.95. The van der Waals surface area contributed by atoms with Crippen molar-refractivity contribution in [2.45, 2.75) is 13.0 Å². The normalized spacial score (nSPS) is 17.2. The predicted octanol–water partition coefficient (Wildman–Crippen LogP) is 2.51. The summed E-state index contributed by atoms with van der Waals surface area (Å²) < 4.78 is 7.77. The van der Waals surface area contributed by atoms with Gasteiger partial charge in [0.25, 0.3) is 0 Å². The Morgan fingerprint density at radius 1 is 1.36 bits per heavy atom. The molecule has 28 heavy (non-hydrogen) atoms. The summed E-state index contributed by atoms with van der Waals surface area (Å²) in [6.45, 7) is 6.88. The number of rotatable bonds is 6. The second-order valence-electron chi connectivity index (χ2n) is 6.75. The fourth-order valence-corrected chi connectivity index (χ4v) is 3.19. The summed E-state index contributed by atoms with van der Waals surface area (Å²) in [4.78, 5) is 9.36. The van der Waals surface area contributed by atoms with E-state index in [0.29, 0.717) is 6.61 Å². The van der Waals surface area contributed by atoms with Gasteiger partial charge in [0, 0.05) is 51.2 Å². The molecule has 0 saturated carbocycles. The maximum absolute atomic E-state index is 5.95. The van der Waals surface area contributed by atoms with Crippen LogP contribution in [0.2, 0.25) is 0 Å². The Bertz CT molecular complexity index is 735. The highest BCUT2D eigenvalue weighted by Gasteiger charge is 2.25. The number of aromatic nitrogens is 2. The molecule has 1 aromatic carbocycles. The highest BCUT2D eigenvalue weighted by atomic mass is 127. The molecule has 0 spiro atoms. The van der Waals surface area contributed by atoms with E-state index >= 15 is 0 Å². The fraction of sp³-hybridized carbons (Fsp3) is 0.500. The van der Waals surface area contributed by atoms with Gasteiger partial charge in [-0.1, -0.05) is 18.2 Å². The van der Waals surface area contributed by atoms with E-state index in [1.54, 1.807) is 0 Å². The molecule has 0 amide bonds. The van der Waals surface area contributed by atoms with E-state index in [2.05, 4.69) is 58.5 Å². The summed E-state index contributed by atoms with van der Waals surface area (Å²) in [7, 11) is 4.03. The van der Waals surface area contributed by atoms with Crippen LogP contribution in [0, 0.1) is 0 Å². The number of hydrogen-bond acceptors (Lipinski definition) is 4. The zero-order valence-electron chi connectivity index (χ0n) is 16.9. The predicted molar refractivity (Wildman–Crippen MR) is 125 cm³/mol. The van der Waals surface area contributed by atoms with E-state index in [1.807, 2.05) is 30.2 Å². The van der Waals surface area contributed by atoms with Gasteiger partial charge < -0.3 is 19.9 Å². The van der Waals surface area contributed by atoms with E-state index in [0.717, 1.165) is 44.2 Å². The molecule has 1 fully saturated rings. The molecular weight excluding hydrogens is 467 g/mol. The Balaban J connectivity index is 0.00000280. The lowest BCUT2D eigenvalue weighted by atomic mass is 10.1. The average Bonchev–Trinajstić information content (AvgIpc) is 3.14. The first-order chi connectivity index (χ1) is 13.2. The van der Waals surface area contributed by atoms with Gasteiger partial charge in [-0.2, -0.15) is 5.10 Å². The number of aliphatic imine (C=N–C) groups is 1. The Kier molecular flexibility index (Phi) is 9.04. The van der Waals surface area contributed by atoms with Crippen molar-refractivity contribution in [2.75, 3.05) is 51.3 Å². The van der Waals surface area contributed by atoms with Gasteiger partial charge in [0.15, 0.2) is 5.96 Å². The van der Waals surface area contributed by atoms with Gasteiger partial charge >= 0.3 is 0 Å². The van der Waals surface area contributed by atoms with E-state index in [-0.39, 0.29) is 30.1 Å². The Morgan fingerprint density at radius 3 is 2.82 bits per heavy atom. The van der Waals surface area contributed by atoms with Gasteiger partial charge in [-0.25, -0.2) is 0 Å². The van der Waals surface area contributed by atoms with Crippen LogP contribution in [-0.2, 0) is 11.8 Å². The SMILES string of the molecule is CCNC(=NCCN(C)c1ccccc1)N1CCOC(c2cnn(C)c2)C1.I. The van der Waals surface area contributed by atoms with Crippen molar-refractivity contribution in [2.24, 2.45) is 12.0 Å². The first-order valence-electron chi connectivity index (χ1n) is 9.57. The lowest BCUT2D eigenvalue weighted by molar-refractivity contribution is -0.00803. The molecular formula is C20H31IN6O. The first kappa shape index (κ1) is 22.5. The van der Waals surface area contributed by atoms with Gasteiger partial charge in [-0.15, -0.1) is 24.0 Å². The second-order valence-corrected chi connectivity index (χ2v) is 6.75. The molecule has 2 heterocycles. The first-order valence-corrected chi connectivity index (χ1v) is 9.57. The van der Waals surface area contributed by atoms with Crippen LogP contribution in [0.3, 0.4) is 0 Å². The molecule has 8 heteroatoms. The summed E-state index contributed by atoms with van der Waals surface area (Å²) in [6, 6.07) is 10.4. The van der Waals surface area contributed by atoms with Crippen LogP contribution in [0.25, 0.3) is 0 Å². The van der Waals surface area contributed by atoms with Crippen molar-refractivity contribution in [1.82, 2.24) is 20.0 Å². The van der Waals surface area contributed by atoms with Gasteiger partial charge in [-0.05, 0) is 19.1 Å². The van der Waals surface area contributed by atoms with E-state index in [4.69, 9.17) is 9.73 Å². The Hall–Kier alpha value is -1.81. The molecule has 1 unspecified atom stereocenters. The van der Waals surface area contributed by atoms with Gasteiger partial charge in [0.05, 0.1) is 25.9 Å². The van der Waals surface area contributed by atoms with Crippen LogP contribution >= 0.6 is 24.0 Å². The second kappa shape index (κ2) is 11.3. The zero-order chi connectivity index (χ0) is 19.1. The number of morpholine rings is 1. The zero-order valence-corrected chi connectivity index (χ0v) is 19.2. The number of hydrogen-bond donors (Lipinski definition) is 1. The average molecular weight is 498 g/mol. The summed E-state index contributed by atoms with van der Waals surface area (Å²) in [5.74, 6) is 0.955. The molecule has 1 N–H and O–H groups in total. The van der Waals surface area contributed by atoms with E-state index < -0.39 is 0 Å². The van der Waals surface area contributed by atoms with Crippen molar-refractivity contribution in [3.8, 4) is 0 Å². The number of aryl methyl sites for hydroxylation is 1. The molecule has 1 saturated heterocycles. The number of ether oxygens (including phenoxy) is 1. The number of halogens is 1. The van der Waals surface area contributed by atoms with Crippen LogP contribution in [0.15, 0.2) is 47.7 Å². The third kappa shape index (κ3) is 6.10.